The van der Waals surface area contributed by atoms with E-state index in [-0.39, 0.29) is 11.7 Å². The van der Waals surface area contributed by atoms with Gasteiger partial charge in [0.1, 0.15) is 5.65 Å². The number of imidazole rings is 1. The second-order valence-corrected chi connectivity index (χ2v) is 7.53. The Labute approximate surface area is 204 Å². The van der Waals surface area contributed by atoms with Crippen molar-refractivity contribution in [2.75, 3.05) is 55.0 Å². The minimum atomic E-state index is -0.242. The molecule has 0 spiro atoms. The fraction of sp³-hybridized carbons (Fsp3) is 0.333. The molecule has 0 aliphatic rings. The molecule has 0 bridgehead atoms. The summed E-state index contributed by atoms with van der Waals surface area (Å²) in [5.41, 5.74) is 5.05. The molecule has 3 aromatic rings. The summed E-state index contributed by atoms with van der Waals surface area (Å²) in [4.78, 5) is 20.3. The molecule has 7 nitrogen and oxygen atoms in total. The molecule has 0 fully saturated rings. The van der Waals surface area contributed by atoms with Crippen molar-refractivity contribution in [3.05, 3.63) is 54.1 Å². The Morgan fingerprint density at radius 2 is 1.71 bits per heavy atom. The van der Waals surface area contributed by atoms with Gasteiger partial charge in [0.25, 0.3) is 0 Å². The van der Waals surface area contributed by atoms with Gasteiger partial charge in [0.2, 0.25) is 0 Å². The zero-order valence-electron chi connectivity index (χ0n) is 17.4. The molecule has 0 radical (unpaired) electrons. The number of carbonyl (C=O) groups is 1. The third-order valence-corrected chi connectivity index (χ3v) is 5.05. The number of nitrogens with zero attached hydrogens (tertiary/aromatic N) is 5. The van der Waals surface area contributed by atoms with E-state index in [0.29, 0.717) is 25.4 Å². The van der Waals surface area contributed by atoms with Crippen LogP contribution in [0.1, 0.15) is 0 Å². The summed E-state index contributed by atoms with van der Waals surface area (Å²) in [6.45, 7) is 1.75. The molecule has 0 unspecified atom stereocenters. The van der Waals surface area contributed by atoms with Crippen molar-refractivity contribution in [2.24, 2.45) is 0 Å². The maximum absolute atomic E-state index is 11.3. The number of pyridine rings is 1. The molecule has 0 N–H and O–H groups in total. The van der Waals surface area contributed by atoms with Gasteiger partial charge < -0.3 is 49.6 Å². The van der Waals surface area contributed by atoms with Gasteiger partial charge in [0.05, 0.1) is 11.4 Å². The summed E-state index contributed by atoms with van der Waals surface area (Å²) in [6.07, 6.45) is 4.07. The Morgan fingerprint density at radius 3 is 2.32 bits per heavy atom. The van der Waals surface area contributed by atoms with Crippen LogP contribution in [-0.2, 0) is 52.4 Å². The van der Waals surface area contributed by atoms with Crippen LogP contribution < -0.4 is 9.80 Å². The Kier molecular flexibility index (Phi) is 10.5. The van der Waals surface area contributed by atoms with E-state index in [1.807, 2.05) is 43.0 Å². The average Bonchev–Trinajstić information content (AvgIpc) is 3.23. The van der Waals surface area contributed by atoms with Gasteiger partial charge in [0.15, 0.2) is 0 Å². The normalized spacial score (nSPS) is 10.4. The Balaban J connectivity index is 0.00000166. The standard InChI is InChI=1S/C21H27N5OS2.O.Tc/c1-24(2)17-5-3-16(4-6-17)19-14-26-13-18(7-8-20(26)23-19)25(11-12-28)10-9-22-21(27)15-29;;/h3-8,13-14H,9-12,15H2,1-2H3,(H3,22,27,28,29);;/q;;+4/p-3. The van der Waals surface area contributed by atoms with Gasteiger partial charge >= 0.3 is 22.4 Å². The maximum atomic E-state index is 11.3. The Hall–Kier alpha value is -1.87. The first kappa shape index (κ1) is 25.4. The molecular formula is C21H24N5O2S2Tc+. The topological polar surface area (TPSA) is 72.0 Å². The zero-order valence-corrected chi connectivity index (χ0v) is 20.9. The second-order valence-electron chi connectivity index (χ2n) is 6.83. The second kappa shape index (κ2) is 12.9. The number of fused-ring (bicyclic) bond motifs is 1. The van der Waals surface area contributed by atoms with Gasteiger partial charge in [-0.2, -0.15) is 5.75 Å². The molecule has 1 amide bonds. The van der Waals surface area contributed by atoms with E-state index in [9.17, 15) is 4.79 Å². The number of amides is 1. The van der Waals surface area contributed by atoms with Crippen LogP contribution in [0.3, 0.4) is 0 Å². The van der Waals surface area contributed by atoms with Gasteiger partial charge in [-0.05, 0) is 30.8 Å². The van der Waals surface area contributed by atoms with Crippen molar-refractivity contribution in [3.63, 3.8) is 0 Å². The van der Waals surface area contributed by atoms with E-state index in [2.05, 4.69) is 39.4 Å². The first-order chi connectivity index (χ1) is 15.0. The van der Waals surface area contributed by atoms with Crippen molar-refractivity contribution in [3.8, 4) is 11.3 Å². The number of benzene rings is 1. The molecule has 2 heterocycles. The number of hydrogen-bond donors (Lipinski definition) is 0. The summed E-state index contributed by atoms with van der Waals surface area (Å²) in [7, 11) is 4.05. The molecule has 1 aromatic carbocycles. The van der Waals surface area contributed by atoms with Crippen LogP contribution in [0.25, 0.3) is 22.2 Å². The molecule has 10 heteroatoms. The molecule has 0 aliphatic carbocycles. The Morgan fingerprint density at radius 1 is 1.03 bits per heavy atom. The van der Waals surface area contributed by atoms with Crippen LogP contribution >= 0.6 is 0 Å². The number of anilines is 2. The molecular weight excluding hydrogens is 516 g/mol. The predicted molar refractivity (Wildman–Crippen MR) is 126 cm³/mol. The fourth-order valence-corrected chi connectivity index (χ4v) is 3.37. The zero-order chi connectivity index (χ0) is 22.8. The van der Waals surface area contributed by atoms with E-state index in [1.165, 1.54) is 0 Å². The number of aromatic nitrogens is 2. The van der Waals surface area contributed by atoms with E-state index >= 15 is 0 Å². The third-order valence-electron chi connectivity index (χ3n) is 4.62. The molecule has 2 aromatic heterocycles. The van der Waals surface area contributed by atoms with Crippen molar-refractivity contribution >= 4 is 48.2 Å². The minimum absolute atomic E-state index is 0.0281. The van der Waals surface area contributed by atoms with Gasteiger partial charge in [0, 0.05) is 50.2 Å². The van der Waals surface area contributed by atoms with Crippen molar-refractivity contribution in [2.45, 2.75) is 0 Å². The molecule has 0 saturated carbocycles. The van der Waals surface area contributed by atoms with Crippen molar-refractivity contribution < 1.29 is 27.2 Å². The Bertz CT molecular complexity index is 982. The average molecular weight is 541 g/mol. The summed E-state index contributed by atoms with van der Waals surface area (Å²) in [5, 5.41) is 3.97. The van der Waals surface area contributed by atoms with E-state index in [0.717, 1.165) is 47.1 Å². The summed E-state index contributed by atoms with van der Waals surface area (Å²) in [6, 6.07) is 12.4. The van der Waals surface area contributed by atoms with E-state index in [1.54, 1.807) is 0 Å². The predicted octanol–water partition coefficient (Wildman–Crippen LogP) is 2.75. The van der Waals surface area contributed by atoms with E-state index < -0.39 is 0 Å². The quantitative estimate of drug-likeness (QED) is 0.387. The third kappa shape index (κ3) is 7.07. The van der Waals surface area contributed by atoms with Crippen LogP contribution in [0.15, 0.2) is 48.8 Å². The fourth-order valence-electron chi connectivity index (χ4n) is 3.06. The summed E-state index contributed by atoms with van der Waals surface area (Å²) in [5.74, 6) is 0.383. The SMILES string of the molecule is CN(C)c1ccc(-c2cn3cc(N(CC[S-])CC[N-]C(=O)C[S-])ccc3n2)cc1.[O]=[Tc+4]. The first-order valence-corrected chi connectivity index (χ1v) is 11.5. The summed E-state index contributed by atoms with van der Waals surface area (Å²) >= 11 is 10.8. The molecule has 0 aliphatic heterocycles. The van der Waals surface area contributed by atoms with Gasteiger partial charge in [-0.15, -0.1) is 12.3 Å². The van der Waals surface area contributed by atoms with Crippen LogP contribution in [0.4, 0.5) is 11.4 Å². The van der Waals surface area contributed by atoms with Crippen LogP contribution in [0.2, 0.25) is 0 Å². The van der Waals surface area contributed by atoms with Gasteiger partial charge in [-0.3, -0.25) is 0 Å². The molecule has 163 valence electrons. The first-order valence-electron chi connectivity index (χ1n) is 9.55. The molecule has 0 saturated heterocycles. The van der Waals surface area contributed by atoms with E-state index in [4.69, 9.17) is 33.7 Å². The van der Waals surface area contributed by atoms with Gasteiger partial charge in [-0.25, -0.2) is 4.98 Å². The van der Waals surface area contributed by atoms with Crippen LogP contribution in [0.5, 0.6) is 0 Å². The number of hydrogen-bond acceptors (Lipinski definition) is 7. The monoisotopic (exact) mass is 539 g/mol. The van der Waals surface area contributed by atoms with Crippen molar-refractivity contribution in [1.29, 1.82) is 0 Å². The number of carbonyl (C=O) groups excluding carboxylic acids is 1. The van der Waals surface area contributed by atoms with Crippen molar-refractivity contribution in [1.82, 2.24) is 9.38 Å². The number of rotatable bonds is 9. The van der Waals surface area contributed by atoms with Crippen LogP contribution in [0, 0.1) is 0 Å². The molecule has 3 rings (SSSR count). The van der Waals surface area contributed by atoms with Crippen LogP contribution in [-0.4, -0.2) is 60.5 Å². The summed E-state index contributed by atoms with van der Waals surface area (Å²) < 4.78 is 10.2. The van der Waals surface area contributed by atoms with Gasteiger partial charge in [-0.1, -0.05) is 12.1 Å². The molecule has 31 heavy (non-hydrogen) atoms. The molecule has 0 atom stereocenters.